The highest BCUT2D eigenvalue weighted by Crippen LogP contribution is 2.19. The van der Waals surface area contributed by atoms with Gasteiger partial charge in [-0.15, -0.1) is 0 Å². The number of amides is 1. The lowest BCUT2D eigenvalue weighted by Crippen LogP contribution is -2.45. The van der Waals surface area contributed by atoms with Gasteiger partial charge in [-0.1, -0.05) is 23.4 Å². The van der Waals surface area contributed by atoms with E-state index in [9.17, 15) is 4.79 Å². The summed E-state index contributed by atoms with van der Waals surface area (Å²) in [5.74, 6) is 5.02. The molecule has 6 heteroatoms. The fraction of sp³-hybridized carbons (Fsp3) is 0.333. The van der Waals surface area contributed by atoms with Crippen molar-refractivity contribution in [2.24, 2.45) is 0 Å². The van der Waals surface area contributed by atoms with E-state index in [2.05, 4.69) is 11.8 Å². The highest BCUT2D eigenvalue weighted by Gasteiger charge is 2.25. The molecule has 5 nitrogen and oxygen atoms in total. The molecule has 1 heterocycles. The molecule has 1 atom stereocenters. The molecule has 1 saturated heterocycles. The molecule has 0 aromatic heterocycles. The molecule has 1 amide bonds. The maximum atomic E-state index is 12.4. The van der Waals surface area contributed by atoms with Crippen LogP contribution in [0, 0.1) is 23.2 Å². The molecule has 2 rings (SSSR count). The molecule has 0 aliphatic carbocycles. The molecule has 1 aliphatic heterocycles. The summed E-state index contributed by atoms with van der Waals surface area (Å²) >= 11 is 6.07. The molecule has 1 aromatic rings. The van der Waals surface area contributed by atoms with E-state index in [4.69, 9.17) is 26.7 Å². The average Bonchev–Trinajstić information content (AvgIpc) is 2.53. The number of benzene rings is 1. The van der Waals surface area contributed by atoms with Crippen molar-refractivity contribution in [3.8, 4) is 17.9 Å². The second kappa shape index (κ2) is 7.10. The number of hydrogen-bond donors (Lipinski definition) is 1. The van der Waals surface area contributed by atoms with E-state index in [1.165, 1.54) is 0 Å². The van der Waals surface area contributed by atoms with Crippen molar-refractivity contribution >= 4 is 17.5 Å². The summed E-state index contributed by atoms with van der Waals surface area (Å²) < 4.78 is 5.21. The Kier molecular flexibility index (Phi) is 5.19. The third-order valence-corrected chi connectivity index (χ3v) is 3.33. The Morgan fingerprint density at radius 3 is 3.05 bits per heavy atom. The average molecular weight is 305 g/mol. The van der Waals surface area contributed by atoms with E-state index < -0.39 is 6.10 Å². The highest BCUT2D eigenvalue weighted by atomic mass is 35.5. The maximum Gasteiger partial charge on any atom is 0.254 e. The molecule has 1 aliphatic rings. The molecular formula is C15H13ClN2O3. The summed E-state index contributed by atoms with van der Waals surface area (Å²) in [5.41, 5.74) is 0.993. The van der Waals surface area contributed by atoms with Crippen LogP contribution in [-0.2, 0) is 4.74 Å². The largest absolute Gasteiger partial charge is 0.384 e. The lowest BCUT2D eigenvalue weighted by molar-refractivity contribution is 0.00347. The van der Waals surface area contributed by atoms with E-state index in [1.54, 1.807) is 23.1 Å². The summed E-state index contributed by atoms with van der Waals surface area (Å²) in [6.07, 6.45) is -0.590. The number of ether oxygens (including phenoxy) is 1. The van der Waals surface area contributed by atoms with Crippen LogP contribution in [0.2, 0.25) is 5.02 Å². The summed E-state index contributed by atoms with van der Waals surface area (Å²) in [5, 5.41) is 17.9. The molecule has 0 spiro atoms. The van der Waals surface area contributed by atoms with Crippen LogP contribution < -0.4 is 0 Å². The van der Waals surface area contributed by atoms with E-state index in [0.29, 0.717) is 29.3 Å². The molecule has 0 radical (unpaired) electrons. The van der Waals surface area contributed by atoms with Crippen molar-refractivity contribution < 1.29 is 14.6 Å². The van der Waals surface area contributed by atoms with Crippen molar-refractivity contribution in [3.05, 3.63) is 34.3 Å². The first kappa shape index (κ1) is 15.3. The number of carbonyl (C=O) groups is 1. The molecular weight excluding hydrogens is 292 g/mol. The molecule has 0 saturated carbocycles. The summed E-state index contributed by atoms with van der Waals surface area (Å²) in [6, 6.07) is 6.81. The smallest absolute Gasteiger partial charge is 0.254 e. The molecule has 1 unspecified atom stereocenters. The predicted molar refractivity (Wildman–Crippen MR) is 76.7 cm³/mol. The summed E-state index contributed by atoms with van der Waals surface area (Å²) in [4.78, 5) is 13.9. The number of carbonyl (C=O) groups excluding carboxylic acids is 1. The third kappa shape index (κ3) is 3.74. The van der Waals surface area contributed by atoms with Crippen LogP contribution in [0.4, 0.5) is 0 Å². The van der Waals surface area contributed by atoms with E-state index in [1.807, 2.05) is 6.07 Å². The number of nitrogens with zero attached hydrogens (tertiary/aromatic N) is 2. The number of nitriles is 1. The molecule has 1 N–H and O–H groups in total. The van der Waals surface area contributed by atoms with Crippen molar-refractivity contribution in [3.63, 3.8) is 0 Å². The maximum absolute atomic E-state index is 12.4. The first-order valence-electron chi connectivity index (χ1n) is 6.35. The van der Waals surface area contributed by atoms with Crippen LogP contribution in [0.3, 0.4) is 0 Å². The number of halogens is 1. The van der Waals surface area contributed by atoms with Gasteiger partial charge in [0.25, 0.3) is 5.91 Å². The number of aliphatic hydroxyl groups is 1. The Bertz CT molecular complexity index is 643. The Morgan fingerprint density at radius 2 is 2.38 bits per heavy atom. The van der Waals surface area contributed by atoms with Crippen LogP contribution >= 0.6 is 11.6 Å². The van der Waals surface area contributed by atoms with Crippen molar-refractivity contribution in [2.75, 3.05) is 26.3 Å². The zero-order valence-electron chi connectivity index (χ0n) is 11.2. The number of rotatable bonds is 1. The van der Waals surface area contributed by atoms with E-state index in [-0.39, 0.29) is 19.1 Å². The zero-order chi connectivity index (χ0) is 15.2. The van der Waals surface area contributed by atoms with Crippen LogP contribution in [0.25, 0.3) is 0 Å². The van der Waals surface area contributed by atoms with E-state index >= 15 is 0 Å². The van der Waals surface area contributed by atoms with Gasteiger partial charge in [-0.3, -0.25) is 4.79 Å². The van der Waals surface area contributed by atoms with Gasteiger partial charge in [0, 0.05) is 17.7 Å². The van der Waals surface area contributed by atoms with Crippen LogP contribution in [0.15, 0.2) is 18.2 Å². The lowest BCUT2D eigenvalue weighted by atomic mass is 10.1. The van der Waals surface area contributed by atoms with Gasteiger partial charge in [-0.05, 0) is 18.2 Å². The third-order valence-electron chi connectivity index (χ3n) is 3.02. The summed E-state index contributed by atoms with van der Waals surface area (Å²) in [6.45, 7) is 0.790. The topological polar surface area (TPSA) is 73.6 Å². The van der Waals surface area contributed by atoms with Crippen LogP contribution in [-0.4, -0.2) is 48.3 Å². The summed E-state index contributed by atoms with van der Waals surface area (Å²) in [7, 11) is 0. The van der Waals surface area contributed by atoms with Gasteiger partial charge in [-0.2, -0.15) is 5.26 Å². The number of morpholine rings is 1. The van der Waals surface area contributed by atoms with Crippen molar-refractivity contribution in [2.45, 2.75) is 6.10 Å². The van der Waals surface area contributed by atoms with Gasteiger partial charge in [0.1, 0.15) is 6.61 Å². The van der Waals surface area contributed by atoms with Gasteiger partial charge in [0.05, 0.1) is 24.2 Å². The second-order valence-electron chi connectivity index (χ2n) is 4.39. The zero-order valence-corrected chi connectivity index (χ0v) is 11.9. The normalized spacial score (nSPS) is 17.6. The van der Waals surface area contributed by atoms with Gasteiger partial charge >= 0.3 is 0 Å². The van der Waals surface area contributed by atoms with Gasteiger partial charge < -0.3 is 14.7 Å². The highest BCUT2D eigenvalue weighted by molar-refractivity contribution is 6.32. The minimum Gasteiger partial charge on any atom is -0.384 e. The van der Waals surface area contributed by atoms with Gasteiger partial charge in [0.15, 0.2) is 6.10 Å². The lowest BCUT2D eigenvalue weighted by Gasteiger charge is -2.29. The van der Waals surface area contributed by atoms with Gasteiger partial charge in [-0.25, -0.2) is 0 Å². The Balaban J connectivity index is 2.16. The Labute approximate surface area is 127 Å². The standard InChI is InChI=1S/C15H13ClN2O3/c16-14-8-12(4-3-11(14)2-1-6-19)15(20)18-5-7-21-13(9-17)10-18/h3-4,8,13,19H,5-7,10H2. The monoisotopic (exact) mass is 304 g/mol. The Morgan fingerprint density at radius 1 is 1.57 bits per heavy atom. The van der Waals surface area contributed by atoms with E-state index in [0.717, 1.165) is 0 Å². The first-order chi connectivity index (χ1) is 10.2. The SMILES string of the molecule is N#CC1CN(C(=O)c2ccc(C#CCO)c(Cl)c2)CCO1. The second-order valence-corrected chi connectivity index (χ2v) is 4.80. The molecule has 0 bridgehead atoms. The van der Waals surface area contributed by atoms with Crippen molar-refractivity contribution in [1.29, 1.82) is 5.26 Å². The molecule has 1 fully saturated rings. The quantitative estimate of drug-likeness (QED) is 0.787. The van der Waals surface area contributed by atoms with Crippen LogP contribution in [0.5, 0.6) is 0 Å². The predicted octanol–water partition coefficient (Wildman–Crippen LogP) is 1.05. The Hall–Kier alpha value is -2.05. The molecule has 108 valence electrons. The molecule has 1 aromatic carbocycles. The van der Waals surface area contributed by atoms with Gasteiger partial charge in [0.2, 0.25) is 0 Å². The minimum absolute atomic E-state index is 0.192. The molecule has 21 heavy (non-hydrogen) atoms. The number of hydrogen-bond acceptors (Lipinski definition) is 4. The minimum atomic E-state index is -0.590. The fourth-order valence-corrected chi connectivity index (χ4v) is 2.21. The first-order valence-corrected chi connectivity index (χ1v) is 6.73. The van der Waals surface area contributed by atoms with Crippen LogP contribution in [0.1, 0.15) is 15.9 Å². The van der Waals surface area contributed by atoms with Crippen molar-refractivity contribution in [1.82, 2.24) is 4.90 Å². The fourth-order valence-electron chi connectivity index (χ4n) is 1.98. The number of aliphatic hydroxyl groups excluding tert-OH is 1.